The fourth-order valence-electron chi connectivity index (χ4n) is 3.20. The Morgan fingerprint density at radius 2 is 1.90 bits per heavy atom. The van der Waals surface area contributed by atoms with E-state index < -0.39 is 0 Å². The van der Waals surface area contributed by atoms with E-state index in [1.165, 1.54) is 44.1 Å². The summed E-state index contributed by atoms with van der Waals surface area (Å²) in [5.74, 6) is 0.548. The van der Waals surface area contributed by atoms with Gasteiger partial charge in [0.2, 0.25) is 0 Å². The van der Waals surface area contributed by atoms with Gasteiger partial charge in [0, 0.05) is 12.0 Å². The summed E-state index contributed by atoms with van der Waals surface area (Å²) in [5, 5.41) is 3.80. The molecule has 1 aliphatic carbocycles. The molecule has 0 aliphatic heterocycles. The van der Waals surface area contributed by atoms with Crippen LogP contribution in [0.4, 0.5) is 0 Å². The van der Waals surface area contributed by atoms with E-state index in [2.05, 4.69) is 55.6 Å². The Morgan fingerprint density at radius 1 is 1.10 bits per heavy atom. The molecule has 1 aromatic rings. The Morgan fingerprint density at radius 3 is 2.65 bits per heavy atom. The van der Waals surface area contributed by atoms with Gasteiger partial charge in [-0.25, -0.2) is 0 Å². The summed E-state index contributed by atoms with van der Waals surface area (Å²) < 4.78 is 0. The van der Waals surface area contributed by atoms with Crippen LogP contribution in [0.3, 0.4) is 0 Å². The van der Waals surface area contributed by atoms with Crippen LogP contribution in [0.15, 0.2) is 42.0 Å². The molecule has 0 saturated heterocycles. The highest BCUT2D eigenvalue weighted by Gasteiger charge is 2.22. The van der Waals surface area contributed by atoms with E-state index in [-0.39, 0.29) is 0 Å². The van der Waals surface area contributed by atoms with Crippen molar-refractivity contribution in [3.8, 4) is 0 Å². The Bertz CT molecular complexity index is 407. The molecule has 0 saturated carbocycles. The molecular weight excluding hydrogens is 242 g/mol. The minimum atomic E-state index is 0.510. The van der Waals surface area contributed by atoms with E-state index in [0.29, 0.717) is 12.0 Å². The van der Waals surface area contributed by atoms with Gasteiger partial charge < -0.3 is 5.32 Å². The number of hydrogen-bond donors (Lipinski definition) is 1. The largest absolute Gasteiger partial charge is 0.310 e. The molecular formula is C19H29N. The summed E-state index contributed by atoms with van der Waals surface area (Å²) in [5.41, 5.74) is 3.10. The normalized spacial score (nSPS) is 19.0. The van der Waals surface area contributed by atoms with Crippen LogP contribution in [0.1, 0.15) is 63.9 Å². The molecule has 0 heterocycles. The number of hydrogen-bond acceptors (Lipinski definition) is 1. The lowest BCUT2D eigenvalue weighted by molar-refractivity contribution is 0.485. The first-order valence-corrected chi connectivity index (χ1v) is 8.30. The molecule has 1 heteroatoms. The van der Waals surface area contributed by atoms with Gasteiger partial charge in [0.1, 0.15) is 0 Å². The van der Waals surface area contributed by atoms with Crippen LogP contribution in [0.5, 0.6) is 0 Å². The summed E-state index contributed by atoms with van der Waals surface area (Å²) >= 11 is 0. The predicted octanol–water partition coefficient (Wildman–Crippen LogP) is 5.05. The molecule has 0 bridgehead atoms. The first-order chi connectivity index (χ1) is 9.83. The molecule has 2 rings (SSSR count). The van der Waals surface area contributed by atoms with Gasteiger partial charge in [0.05, 0.1) is 0 Å². The second kappa shape index (κ2) is 8.26. The van der Waals surface area contributed by atoms with Gasteiger partial charge >= 0.3 is 0 Å². The fourth-order valence-corrected chi connectivity index (χ4v) is 3.20. The van der Waals surface area contributed by atoms with Crippen LogP contribution in [0, 0.1) is 0 Å². The standard InChI is InChI=1S/C19H29N/c1-3-15-20-19(18-13-7-4-5-8-14-18)16(2)17-11-9-6-10-12-17/h6,9-13,16,19-20H,3-5,7-8,14-15H2,1-2H3. The van der Waals surface area contributed by atoms with E-state index in [0.717, 1.165) is 6.54 Å². The van der Waals surface area contributed by atoms with Crippen LogP contribution in [0.2, 0.25) is 0 Å². The first kappa shape index (κ1) is 15.3. The minimum absolute atomic E-state index is 0.510. The fraction of sp³-hybridized carbons (Fsp3) is 0.579. The minimum Gasteiger partial charge on any atom is -0.310 e. The zero-order valence-electron chi connectivity index (χ0n) is 13.1. The molecule has 2 atom stereocenters. The topological polar surface area (TPSA) is 12.0 Å². The maximum atomic E-state index is 3.80. The lowest BCUT2D eigenvalue weighted by Crippen LogP contribution is -2.36. The van der Waals surface area contributed by atoms with Crippen molar-refractivity contribution in [1.29, 1.82) is 0 Å². The summed E-state index contributed by atoms with van der Waals surface area (Å²) in [6.45, 7) is 5.73. The van der Waals surface area contributed by atoms with Crippen LogP contribution in [-0.2, 0) is 0 Å². The van der Waals surface area contributed by atoms with Crippen molar-refractivity contribution >= 4 is 0 Å². The highest BCUT2D eigenvalue weighted by atomic mass is 14.9. The maximum absolute atomic E-state index is 3.80. The molecule has 1 aliphatic rings. The van der Waals surface area contributed by atoms with Crippen molar-refractivity contribution in [2.24, 2.45) is 0 Å². The summed E-state index contributed by atoms with van der Waals surface area (Å²) in [6, 6.07) is 11.5. The van der Waals surface area contributed by atoms with Crippen LogP contribution in [-0.4, -0.2) is 12.6 Å². The molecule has 0 aromatic heterocycles. The van der Waals surface area contributed by atoms with Crippen LogP contribution >= 0.6 is 0 Å². The average Bonchev–Trinajstić information content (AvgIpc) is 2.77. The third-order valence-electron chi connectivity index (χ3n) is 4.42. The number of allylic oxidation sites excluding steroid dienone is 1. The molecule has 0 fully saturated rings. The zero-order valence-corrected chi connectivity index (χ0v) is 13.1. The van der Waals surface area contributed by atoms with Gasteiger partial charge in [-0.15, -0.1) is 0 Å². The molecule has 1 aromatic carbocycles. The average molecular weight is 271 g/mol. The van der Waals surface area contributed by atoms with Gasteiger partial charge in [-0.05, 0) is 44.2 Å². The van der Waals surface area contributed by atoms with Crippen molar-refractivity contribution in [2.75, 3.05) is 6.54 Å². The van der Waals surface area contributed by atoms with E-state index in [1.807, 2.05) is 0 Å². The molecule has 0 spiro atoms. The Kier molecular flexibility index (Phi) is 6.32. The Hall–Kier alpha value is -1.08. The van der Waals surface area contributed by atoms with Gasteiger partial charge in [0.15, 0.2) is 0 Å². The van der Waals surface area contributed by atoms with Crippen molar-refractivity contribution in [2.45, 2.75) is 64.3 Å². The lowest BCUT2D eigenvalue weighted by atomic mass is 9.86. The van der Waals surface area contributed by atoms with E-state index >= 15 is 0 Å². The molecule has 110 valence electrons. The smallest absolute Gasteiger partial charge is 0.0345 e. The molecule has 1 nitrogen and oxygen atoms in total. The monoisotopic (exact) mass is 271 g/mol. The van der Waals surface area contributed by atoms with Crippen molar-refractivity contribution in [1.82, 2.24) is 5.32 Å². The number of nitrogens with one attached hydrogen (secondary N) is 1. The molecule has 1 N–H and O–H groups in total. The molecule has 2 unspecified atom stereocenters. The second-order valence-corrected chi connectivity index (χ2v) is 6.01. The second-order valence-electron chi connectivity index (χ2n) is 6.01. The number of benzene rings is 1. The Balaban J connectivity index is 2.15. The van der Waals surface area contributed by atoms with Gasteiger partial charge in [-0.1, -0.05) is 62.2 Å². The zero-order chi connectivity index (χ0) is 14.2. The highest BCUT2D eigenvalue weighted by molar-refractivity contribution is 5.26. The Labute approximate surface area is 124 Å². The molecule has 20 heavy (non-hydrogen) atoms. The number of rotatable bonds is 6. The third kappa shape index (κ3) is 4.21. The van der Waals surface area contributed by atoms with Gasteiger partial charge in [0.25, 0.3) is 0 Å². The molecule has 0 radical (unpaired) electrons. The van der Waals surface area contributed by atoms with E-state index in [9.17, 15) is 0 Å². The van der Waals surface area contributed by atoms with E-state index in [4.69, 9.17) is 0 Å². The summed E-state index contributed by atoms with van der Waals surface area (Å²) in [4.78, 5) is 0. The quantitative estimate of drug-likeness (QED) is 0.714. The SMILES string of the molecule is CCCNC(C1=CCCCCC1)C(C)c1ccccc1. The summed E-state index contributed by atoms with van der Waals surface area (Å²) in [7, 11) is 0. The van der Waals surface area contributed by atoms with Crippen LogP contribution < -0.4 is 5.32 Å². The third-order valence-corrected chi connectivity index (χ3v) is 4.42. The first-order valence-electron chi connectivity index (χ1n) is 8.30. The van der Waals surface area contributed by atoms with E-state index in [1.54, 1.807) is 5.57 Å². The van der Waals surface area contributed by atoms with Crippen LogP contribution in [0.25, 0.3) is 0 Å². The van der Waals surface area contributed by atoms with Gasteiger partial charge in [-0.3, -0.25) is 0 Å². The highest BCUT2D eigenvalue weighted by Crippen LogP contribution is 2.29. The molecule has 0 amide bonds. The predicted molar refractivity (Wildman–Crippen MR) is 88.1 cm³/mol. The van der Waals surface area contributed by atoms with Crippen molar-refractivity contribution < 1.29 is 0 Å². The summed E-state index contributed by atoms with van der Waals surface area (Å²) in [6.07, 6.45) is 10.4. The van der Waals surface area contributed by atoms with Crippen molar-refractivity contribution in [3.63, 3.8) is 0 Å². The lowest BCUT2D eigenvalue weighted by Gasteiger charge is -2.28. The maximum Gasteiger partial charge on any atom is 0.0345 e. The van der Waals surface area contributed by atoms with Crippen molar-refractivity contribution in [3.05, 3.63) is 47.5 Å². The van der Waals surface area contributed by atoms with Gasteiger partial charge in [-0.2, -0.15) is 0 Å².